The Bertz CT molecular complexity index is 320. The average Bonchev–Trinajstić information content (AvgIpc) is 2.46. The molecule has 0 aliphatic carbocycles. The number of nitrogens with zero attached hydrogens (tertiary/aromatic N) is 2. The third-order valence-corrected chi connectivity index (χ3v) is 3.54. The van der Waals surface area contributed by atoms with Crippen molar-refractivity contribution >= 4 is 15.9 Å². The van der Waals surface area contributed by atoms with Gasteiger partial charge in [-0.15, -0.1) is 0 Å². The van der Waals surface area contributed by atoms with Crippen LogP contribution < -0.4 is 5.32 Å². The molecule has 0 aliphatic heterocycles. The zero-order chi connectivity index (χ0) is 11.4. The van der Waals surface area contributed by atoms with Crippen LogP contribution in [0.3, 0.4) is 0 Å². The summed E-state index contributed by atoms with van der Waals surface area (Å²) >= 11 is 3.61. The Balaban J connectivity index is 2.82. The molecule has 0 fully saturated rings. The van der Waals surface area contributed by atoms with Crippen molar-refractivity contribution < 1.29 is 0 Å². The van der Waals surface area contributed by atoms with Crippen molar-refractivity contribution in [3.8, 4) is 0 Å². The van der Waals surface area contributed by atoms with Gasteiger partial charge in [0.05, 0.1) is 15.9 Å². The zero-order valence-corrected chi connectivity index (χ0v) is 11.6. The summed E-state index contributed by atoms with van der Waals surface area (Å²) in [6.45, 7) is 10.4. The van der Waals surface area contributed by atoms with Crippen molar-refractivity contribution in [3.63, 3.8) is 0 Å². The number of hydrogen-bond donors (Lipinski definition) is 1. The van der Waals surface area contributed by atoms with Crippen molar-refractivity contribution in [1.29, 1.82) is 0 Å². The number of aryl methyl sites for hydroxylation is 2. The predicted octanol–water partition coefficient (Wildman–Crippen LogP) is 2.51. The molecule has 4 heteroatoms. The fraction of sp³-hybridized carbons (Fsp3) is 0.727. The van der Waals surface area contributed by atoms with E-state index < -0.39 is 0 Å². The van der Waals surface area contributed by atoms with Crippen LogP contribution >= 0.6 is 15.9 Å². The maximum absolute atomic E-state index is 4.48. The van der Waals surface area contributed by atoms with Crippen LogP contribution in [-0.2, 0) is 13.0 Å². The van der Waals surface area contributed by atoms with Crippen LogP contribution in [0.25, 0.3) is 0 Å². The lowest BCUT2D eigenvalue weighted by Crippen LogP contribution is -2.28. The molecule has 1 unspecified atom stereocenters. The summed E-state index contributed by atoms with van der Waals surface area (Å²) < 4.78 is 3.24. The minimum atomic E-state index is 0.493. The van der Waals surface area contributed by atoms with E-state index in [2.05, 4.69) is 51.8 Å². The molecule has 1 aromatic heterocycles. The van der Waals surface area contributed by atoms with Crippen molar-refractivity contribution in [2.45, 2.75) is 46.7 Å². The summed E-state index contributed by atoms with van der Waals surface area (Å²) in [6, 6.07) is 0.493. The van der Waals surface area contributed by atoms with Crippen molar-refractivity contribution in [2.24, 2.45) is 0 Å². The maximum Gasteiger partial charge on any atom is 0.0738 e. The highest BCUT2D eigenvalue weighted by atomic mass is 79.9. The highest BCUT2D eigenvalue weighted by molar-refractivity contribution is 9.10. The van der Waals surface area contributed by atoms with Gasteiger partial charge in [0, 0.05) is 19.0 Å². The molecule has 1 heterocycles. The van der Waals surface area contributed by atoms with Gasteiger partial charge in [-0.3, -0.25) is 4.68 Å². The zero-order valence-electron chi connectivity index (χ0n) is 9.97. The normalized spacial score (nSPS) is 13.1. The standard InChI is InChI=1S/C11H20BrN3/c1-5-13-8(3)7-10-11(12)9(4)14-15(10)6-2/h8,13H,5-7H2,1-4H3. The van der Waals surface area contributed by atoms with Gasteiger partial charge in [0.2, 0.25) is 0 Å². The van der Waals surface area contributed by atoms with Crippen LogP contribution in [-0.4, -0.2) is 22.4 Å². The summed E-state index contributed by atoms with van der Waals surface area (Å²) in [7, 11) is 0. The lowest BCUT2D eigenvalue weighted by atomic mass is 10.1. The van der Waals surface area contributed by atoms with Crippen molar-refractivity contribution in [1.82, 2.24) is 15.1 Å². The largest absolute Gasteiger partial charge is 0.314 e. The van der Waals surface area contributed by atoms with Gasteiger partial charge in [-0.25, -0.2) is 0 Å². The number of halogens is 1. The molecule has 1 aromatic rings. The van der Waals surface area contributed by atoms with E-state index in [-0.39, 0.29) is 0 Å². The fourth-order valence-electron chi connectivity index (χ4n) is 1.77. The van der Waals surface area contributed by atoms with E-state index in [0.717, 1.165) is 29.7 Å². The Morgan fingerprint density at radius 2 is 2.13 bits per heavy atom. The van der Waals surface area contributed by atoms with Gasteiger partial charge in [-0.05, 0) is 43.2 Å². The van der Waals surface area contributed by atoms with E-state index in [9.17, 15) is 0 Å². The summed E-state index contributed by atoms with van der Waals surface area (Å²) in [4.78, 5) is 0. The minimum Gasteiger partial charge on any atom is -0.314 e. The fourth-order valence-corrected chi connectivity index (χ4v) is 2.22. The second-order valence-corrected chi connectivity index (χ2v) is 4.62. The van der Waals surface area contributed by atoms with Crippen LogP contribution in [0.2, 0.25) is 0 Å². The van der Waals surface area contributed by atoms with E-state index in [4.69, 9.17) is 0 Å². The van der Waals surface area contributed by atoms with Crippen LogP contribution in [0.15, 0.2) is 4.47 Å². The van der Waals surface area contributed by atoms with E-state index in [0.29, 0.717) is 6.04 Å². The number of rotatable bonds is 5. The Labute approximate surface area is 100 Å². The van der Waals surface area contributed by atoms with Gasteiger partial charge in [-0.2, -0.15) is 5.10 Å². The molecule has 0 saturated carbocycles. The lowest BCUT2D eigenvalue weighted by molar-refractivity contribution is 0.527. The third kappa shape index (κ3) is 3.05. The van der Waals surface area contributed by atoms with Gasteiger partial charge >= 0.3 is 0 Å². The molecule has 1 atom stereocenters. The molecule has 0 amide bonds. The second kappa shape index (κ2) is 5.66. The molecule has 0 radical (unpaired) electrons. The third-order valence-electron chi connectivity index (χ3n) is 2.50. The maximum atomic E-state index is 4.48. The predicted molar refractivity (Wildman–Crippen MR) is 67.2 cm³/mol. The minimum absolute atomic E-state index is 0.493. The molecule has 0 aliphatic rings. The first-order chi connectivity index (χ1) is 7.10. The second-order valence-electron chi connectivity index (χ2n) is 3.82. The molecule has 86 valence electrons. The summed E-state index contributed by atoms with van der Waals surface area (Å²) in [5.41, 5.74) is 2.37. The molecule has 1 N–H and O–H groups in total. The highest BCUT2D eigenvalue weighted by Crippen LogP contribution is 2.22. The number of hydrogen-bond acceptors (Lipinski definition) is 2. The van der Waals surface area contributed by atoms with E-state index in [1.54, 1.807) is 0 Å². The Morgan fingerprint density at radius 3 is 2.67 bits per heavy atom. The van der Waals surface area contributed by atoms with Gasteiger partial charge in [0.25, 0.3) is 0 Å². The first-order valence-corrected chi connectivity index (χ1v) is 6.34. The monoisotopic (exact) mass is 273 g/mol. The first-order valence-electron chi connectivity index (χ1n) is 5.55. The molecule has 0 aromatic carbocycles. The Morgan fingerprint density at radius 1 is 1.47 bits per heavy atom. The molecular weight excluding hydrogens is 254 g/mol. The van der Waals surface area contributed by atoms with Gasteiger partial charge < -0.3 is 5.32 Å². The van der Waals surface area contributed by atoms with Crippen LogP contribution in [0.5, 0.6) is 0 Å². The average molecular weight is 274 g/mol. The van der Waals surface area contributed by atoms with Gasteiger partial charge in [0.15, 0.2) is 0 Å². The molecule has 0 saturated heterocycles. The van der Waals surface area contributed by atoms with E-state index in [1.165, 1.54) is 5.69 Å². The lowest BCUT2D eigenvalue weighted by Gasteiger charge is -2.13. The van der Waals surface area contributed by atoms with Gasteiger partial charge in [-0.1, -0.05) is 6.92 Å². The van der Waals surface area contributed by atoms with Gasteiger partial charge in [0.1, 0.15) is 0 Å². The van der Waals surface area contributed by atoms with E-state index in [1.807, 2.05) is 6.92 Å². The Kier molecular flexibility index (Phi) is 4.80. The highest BCUT2D eigenvalue weighted by Gasteiger charge is 2.14. The molecule has 0 bridgehead atoms. The smallest absolute Gasteiger partial charge is 0.0738 e. The van der Waals surface area contributed by atoms with Crippen molar-refractivity contribution in [3.05, 3.63) is 15.9 Å². The molecule has 15 heavy (non-hydrogen) atoms. The number of aromatic nitrogens is 2. The topological polar surface area (TPSA) is 29.9 Å². The molecule has 3 nitrogen and oxygen atoms in total. The quantitative estimate of drug-likeness (QED) is 0.894. The van der Waals surface area contributed by atoms with Crippen LogP contribution in [0.1, 0.15) is 32.2 Å². The Hall–Kier alpha value is -0.350. The molecule has 1 rings (SSSR count). The first kappa shape index (κ1) is 12.7. The number of likely N-dealkylation sites (N-methyl/N-ethyl adjacent to an activating group) is 1. The summed E-state index contributed by atoms with van der Waals surface area (Å²) in [6.07, 6.45) is 1.02. The van der Waals surface area contributed by atoms with Crippen molar-refractivity contribution in [2.75, 3.05) is 6.54 Å². The van der Waals surface area contributed by atoms with E-state index >= 15 is 0 Å². The van der Waals surface area contributed by atoms with Crippen LogP contribution in [0.4, 0.5) is 0 Å². The molecular formula is C11H20BrN3. The number of nitrogens with one attached hydrogen (secondary N) is 1. The summed E-state index contributed by atoms with van der Waals surface area (Å²) in [5, 5.41) is 7.90. The SMILES string of the molecule is CCNC(C)Cc1c(Br)c(C)nn1CC. The molecule has 0 spiro atoms. The summed E-state index contributed by atoms with van der Waals surface area (Å²) in [5.74, 6) is 0. The van der Waals surface area contributed by atoms with Crippen LogP contribution in [0, 0.1) is 6.92 Å².